The Bertz CT molecular complexity index is 236. The topological polar surface area (TPSA) is 42.4 Å². The predicted molar refractivity (Wildman–Crippen MR) is 50.3 cm³/mol. The van der Waals surface area contributed by atoms with E-state index in [-0.39, 0.29) is 6.10 Å². The Balaban J connectivity index is 2.44. The normalized spacial score (nSPS) is 13.2. The van der Waals surface area contributed by atoms with Gasteiger partial charge in [0, 0.05) is 12.4 Å². The molecule has 0 spiro atoms. The molecule has 0 amide bonds. The fraction of sp³-hybridized carbons (Fsp3) is 0.500. The number of aliphatic hydroxyl groups excluding tert-OH is 1. The second-order valence-electron chi connectivity index (χ2n) is 3.18. The van der Waals surface area contributed by atoms with Gasteiger partial charge in [-0.1, -0.05) is 0 Å². The maximum absolute atomic E-state index is 9.62. The van der Waals surface area contributed by atoms with Gasteiger partial charge in [-0.3, -0.25) is 4.98 Å². The van der Waals surface area contributed by atoms with E-state index in [2.05, 4.69) is 4.98 Å². The molecule has 0 saturated carbocycles. The van der Waals surface area contributed by atoms with Gasteiger partial charge in [-0.05, 0) is 31.5 Å². The molecule has 0 aliphatic carbocycles. The largest absolute Gasteiger partial charge is 0.386 e. The Hall–Kier alpha value is -0.930. The summed E-state index contributed by atoms with van der Waals surface area (Å²) in [6.45, 7) is 4.22. The second-order valence-corrected chi connectivity index (χ2v) is 3.18. The number of nitrogens with zero attached hydrogens (tertiary/aromatic N) is 1. The molecule has 0 radical (unpaired) electrons. The van der Waals surface area contributed by atoms with E-state index in [1.54, 1.807) is 24.5 Å². The van der Waals surface area contributed by atoms with Crippen molar-refractivity contribution in [3.05, 3.63) is 30.1 Å². The standard InChI is InChI=1S/C10H15NO2/c1-8(2)13-7-10(12)9-3-5-11-6-4-9/h3-6,8,10,12H,7H2,1-2H3. The summed E-state index contributed by atoms with van der Waals surface area (Å²) in [4.78, 5) is 3.87. The van der Waals surface area contributed by atoms with Crippen LogP contribution in [0.2, 0.25) is 0 Å². The third kappa shape index (κ3) is 3.53. The first-order valence-electron chi connectivity index (χ1n) is 4.39. The van der Waals surface area contributed by atoms with Crippen molar-refractivity contribution in [1.29, 1.82) is 0 Å². The SMILES string of the molecule is CC(C)OCC(O)c1ccncc1. The van der Waals surface area contributed by atoms with Crippen LogP contribution in [-0.4, -0.2) is 22.8 Å². The van der Waals surface area contributed by atoms with Crippen LogP contribution in [0.5, 0.6) is 0 Å². The van der Waals surface area contributed by atoms with Gasteiger partial charge in [0.25, 0.3) is 0 Å². The molecule has 3 heteroatoms. The Morgan fingerprint density at radius 2 is 2.00 bits per heavy atom. The lowest BCUT2D eigenvalue weighted by atomic mass is 10.2. The number of hydrogen-bond acceptors (Lipinski definition) is 3. The van der Waals surface area contributed by atoms with E-state index in [9.17, 15) is 5.11 Å². The molecule has 1 rings (SSSR count). The lowest BCUT2D eigenvalue weighted by molar-refractivity contribution is 0.00490. The van der Waals surface area contributed by atoms with Crippen molar-refractivity contribution in [3.8, 4) is 0 Å². The zero-order valence-electron chi connectivity index (χ0n) is 7.97. The summed E-state index contributed by atoms with van der Waals surface area (Å²) in [5.74, 6) is 0. The maximum atomic E-state index is 9.62. The smallest absolute Gasteiger partial charge is 0.102 e. The van der Waals surface area contributed by atoms with Gasteiger partial charge in [-0.15, -0.1) is 0 Å². The van der Waals surface area contributed by atoms with Gasteiger partial charge in [-0.2, -0.15) is 0 Å². The number of pyridine rings is 1. The summed E-state index contributed by atoms with van der Waals surface area (Å²) in [6.07, 6.45) is 2.92. The van der Waals surface area contributed by atoms with Gasteiger partial charge in [-0.25, -0.2) is 0 Å². The van der Waals surface area contributed by atoms with Gasteiger partial charge in [0.1, 0.15) is 6.10 Å². The zero-order valence-corrected chi connectivity index (χ0v) is 7.97. The molecule has 3 nitrogen and oxygen atoms in total. The van der Waals surface area contributed by atoms with Crippen LogP contribution < -0.4 is 0 Å². The van der Waals surface area contributed by atoms with E-state index in [4.69, 9.17) is 4.74 Å². The van der Waals surface area contributed by atoms with Crippen LogP contribution in [0.25, 0.3) is 0 Å². The maximum Gasteiger partial charge on any atom is 0.102 e. The van der Waals surface area contributed by atoms with E-state index >= 15 is 0 Å². The average molecular weight is 181 g/mol. The van der Waals surface area contributed by atoms with Crippen LogP contribution in [0.3, 0.4) is 0 Å². The van der Waals surface area contributed by atoms with Crippen LogP contribution in [-0.2, 0) is 4.74 Å². The monoisotopic (exact) mass is 181 g/mol. The molecular weight excluding hydrogens is 166 g/mol. The van der Waals surface area contributed by atoms with Gasteiger partial charge < -0.3 is 9.84 Å². The van der Waals surface area contributed by atoms with Crippen molar-refractivity contribution in [2.45, 2.75) is 26.1 Å². The molecular formula is C10H15NO2. The Morgan fingerprint density at radius 3 is 2.54 bits per heavy atom. The van der Waals surface area contributed by atoms with E-state index in [0.29, 0.717) is 6.61 Å². The summed E-state index contributed by atoms with van der Waals surface area (Å²) < 4.78 is 5.29. The van der Waals surface area contributed by atoms with E-state index in [1.807, 2.05) is 13.8 Å². The molecule has 13 heavy (non-hydrogen) atoms. The highest BCUT2D eigenvalue weighted by molar-refractivity contribution is 5.12. The van der Waals surface area contributed by atoms with E-state index < -0.39 is 6.10 Å². The van der Waals surface area contributed by atoms with Crippen LogP contribution in [0.1, 0.15) is 25.5 Å². The minimum Gasteiger partial charge on any atom is -0.386 e. The molecule has 1 heterocycles. The quantitative estimate of drug-likeness (QED) is 0.766. The van der Waals surface area contributed by atoms with Crippen molar-refractivity contribution >= 4 is 0 Å². The number of hydrogen-bond donors (Lipinski definition) is 1. The molecule has 0 fully saturated rings. The van der Waals surface area contributed by atoms with Crippen molar-refractivity contribution < 1.29 is 9.84 Å². The lowest BCUT2D eigenvalue weighted by Crippen LogP contribution is -2.11. The number of rotatable bonds is 4. The molecule has 0 bridgehead atoms. The third-order valence-electron chi connectivity index (χ3n) is 1.68. The second kappa shape index (κ2) is 4.94. The van der Waals surface area contributed by atoms with Gasteiger partial charge in [0.15, 0.2) is 0 Å². The molecule has 0 aromatic carbocycles. The first kappa shape index (κ1) is 10.2. The minimum atomic E-state index is -0.551. The highest BCUT2D eigenvalue weighted by atomic mass is 16.5. The summed E-state index contributed by atoms with van der Waals surface area (Å²) in [7, 11) is 0. The third-order valence-corrected chi connectivity index (χ3v) is 1.68. The zero-order chi connectivity index (χ0) is 9.68. The number of aromatic nitrogens is 1. The van der Waals surface area contributed by atoms with Crippen molar-refractivity contribution in [2.24, 2.45) is 0 Å². The molecule has 0 aliphatic heterocycles. The van der Waals surface area contributed by atoms with Crippen LogP contribution in [0, 0.1) is 0 Å². The van der Waals surface area contributed by atoms with Gasteiger partial charge in [0.05, 0.1) is 12.7 Å². The fourth-order valence-corrected chi connectivity index (χ4v) is 0.965. The van der Waals surface area contributed by atoms with Crippen LogP contribution in [0.4, 0.5) is 0 Å². The molecule has 1 N–H and O–H groups in total. The highest BCUT2D eigenvalue weighted by Gasteiger charge is 2.07. The van der Waals surface area contributed by atoms with Gasteiger partial charge in [0.2, 0.25) is 0 Å². The van der Waals surface area contributed by atoms with Crippen LogP contribution in [0.15, 0.2) is 24.5 Å². The molecule has 1 atom stereocenters. The molecule has 1 aromatic heterocycles. The van der Waals surface area contributed by atoms with E-state index in [0.717, 1.165) is 5.56 Å². The lowest BCUT2D eigenvalue weighted by Gasteiger charge is -2.13. The predicted octanol–water partition coefficient (Wildman–Crippen LogP) is 1.54. The minimum absolute atomic E-state index is 0.150. The molecule has 1 unspecified atom stereocenters. The first-order chi connectivity index (χ1) is 6.20. The van der Waals surface area contributed by atoms with Crippen molar-refractivity contribution in [3.63, 3.8) is 0 Å². The molecule has 72 valence electrons. The Kier molecular flexibility index (Phi) is 3.86. The fourth-order valence-electron chi connectivity index (χ4n) is 0.965. The summed E-state index contributed by atoms with van der Waals surface area (Å²) >= 11 is 0. The Morgan fingerprint density at radius 1 is 1.38 bits per heavy atom. The molecule has 0 saturated heterocycles. The summed E-state index contributed by atoms with van der Waals surface area (Å²) in [5.41, 5.74) is 0.843. The first-order valence-corrected chi connectivity index (χ1v) is 4.39. The number of ether oxygens (including phenoxy) is 1. The molecule has 1 aromatic rings. The number of aliphatic hydroxyl groups is 1. The average Bonchev–Trinajstić information content (AvgIpc) is 2.15. The highest BCUT2D eigenvalue weighted by Crippen LogP contribution is 2.11. The van der Waals surface area contributed by atoms with Crippen molar-refractivity contribution in [1.82, 2.24) is 4.98 Å². The van der Waals surface area contributed by atoms with Crippen molar-refractivity contribution in [2.75, 3.05) is 6.61 Å². The van der Waals surface area contributed by atoms with Crippen LogP contribution >= 0.6 is 0 Å². The molecule has 0 aliphatic rings. The van der Waals surface area contributed by atoms with Gasteiger partial charge >= 0.3 is 0 Å². The van der Waals surface area contributed by atoms with E-state index in [1.165, 1.54) is 0 Å². The summed E-state index contributed by atoms with van der Waals surface area (Å²) in [5, 5.41) is 9.62. The Labute approximate surface area is 78.4 Å². The summed E-state index contributed by atoms with van der Waals surface area (Å²) in [6, 6.07) is 3.57.